The number of hydrogen-bond acceptors (Lipinski definition) is 1. The second-order valence-electron chi connectivity index (χ2n) is 2.58. The summed E-state index contributed by atoms with van der Waals surface area (Å²) in [5, 5.41) is 0. The third-order valence-corrected chi connectivity index (χ3v) is 1.91. The van der Waals surface area contributed by atoms with Gasteiger partial charge in [0, 0.05) is 5.57 Å². The molecule has 0 heterocycles. The molecule has 0 spiro atoms. The number of allylic oxidation sites excluding steroid dienone is 6. The van der Waals surface area contributed by atoms with Crippen LogP contribution in [0.2, 0.25) is 0 Å². The minimum absolute atomic E-state index is 0.176. The van der Waals surface area contributed by atoms with Gasteiger partial charge in [0.1, 0.15) is 0 Å². The Kier molecular flexibility index (Phi) is 1.10. The van der Waals surface area contributed by atoms with E-state index in [1.807, 2.05) is 18.2 Å². The van der Waals surface area contributed by atoms with E-state index in [1.54, 1.807) is 6.08 Å². The van der Waals surface area contributed by atoms with Gasteiger partial charge in [-0.25, -0.2) is 0 Å². The highest BCUT2D eigenvalue weighted by Gasteiger charge is 2.16. The van der Waals surface area contributed by atoms with Gasteiger partial charge in [-0.05, 0) is 24.5 Å². The summed E-state index contributed by atoms with van der Waals surface area (Å²) in [7, 11) is 0. The lowest BCUT2D eigenvalue weighted by Gasteiger charge is -2.10. The maximum absolute atomic E-state index is 11.1. The van der Waals surface area contributed by atoms with Crippen LogP contribution < -0.4 is 0 Å². The molecule has 0 aromatic rings. The fourth-order valence-electron chi connectivity index (χ4n) is 1.26. The van der Waals surface area contributed by atoms with Crippen LogP contribution in [0.4, 0.5) is 0 Å². The maximum Gasteiger partial charge on any atom is 0.185 e. The Morgan fingerprint density at radius 3 is 2.80 bits per heavy atom. The summed E-state index contributed by atoms with van der Waals surface area (Å²) in [5.74, 6) is 0.176. The molecular weight excluding hydrogens is 124 g/mol. The van der Waals surface area contributed by atoms with Crippen LogP contribution in [-0.4, -0.2) is 5.78 Å². The summed E-state index contributed by atoms with van der Waals surface area (Å²) in [6.45, 7) is 0. The third kappa shape index (κ3) is 0.670. The van der Waals surface area contributed by atoms with Gasteiger partial charge in [0.2, 0.25) is 0 Å². The minimum atomic E-state index is 0.176. The summed E-state index contributed by atoms with van der Waals surface area (Å²) >= 11 is 0. The van der Waals surface area contributed by atoms with Crippen LogP contribution in [-0.2, 0) is 4.79 Å². The summed E-state index contributed by atoms with van der Waals surface area (Å²) < 4.78 is 0. The fraction of sp³-hybridized carbons (Fsp3) is 0.222. The van der Waals surface area contributed by atoms with E-state index < -0.39 is 0 Å². The molecule has 0 saturated carbocycles. The van der Waals surface area contributed by atoms with E-state index in [1.165, 1.54) is 5.57 Å². The van der Waals surface area contributed by atoms with E-state index in [9.17, 15) is 4.79 Å². The predicted octanol–water partition coefficient (Wildman–Crippen LogP) is 1.77. The van der Waals surface area contributed by atoms with Crippen molar-refractivity contribution in [2.24, 2.45) is 0 Å². The Morgan fingerprint density at radius 1 is 1.20 bits per heavy atom. The average molecular weight is 132 g/mol. The number of carbonyl (C=O) groups excluding carboxylic acids is 1. The summed E-state index contributed by atoms with van der Waals surface area (Å²) in [6, 6.07) is 0. The van der Waals surface area contributed by atoms with Gasteiger partial charge < -0.3 is 0 Å². The highest BCUT2D eigenvalue weighted by atomic mass is 16.1. The molecule has 0 unspecified atom stereocenters. The zero-order valence-corrected chi connectivity index (χ0v) is 5.63. The summed E-state index contributed by atoms with van der Waals surface area (Å²) in [5.41, 5.74) is 2.16. The van der Waals surface area contributed by atoms with Crippen molar-refractivity contribution in [3.8, 4) is 0 Å². The highest BCUT2D eigenvalue weighted by molar-refractivity contribution is 6.09. The van der Waals surface area contributed by atoms with Crippen LogP contribution in [0.15, 0.2) is 35.5 Å². The highest BCUT2D eigenvalue weighted by Crippen LogP contribution is 2.26. The first-order valence-electron chi connectivity index (χ1n) is 3.50. The third-order valence-electron chi connectivity index (χ3n) is 1.91. The van der Waals surface area contributed by atoms with Crippen LogP contribution in [0.3, 0.4) is 0 Å². The van der Waals surface area contributed by atoms with Crippen molar-refractivity contribution in [1.29, 1.82) is 0 Å². The van der Waals surface area contributed by atoms with Crippen molar-refractivity contribution in [3.63, 3.8) is 0 Å². The van der Waals surface area contributed by atoms with Crippen LogP contribution in [0.25, 0.3) is 0 Å². The standard InChI is InChI=1S/C9H8O/c10-9-4-2-1-3-7-5-6-8(7)9/h2,4-6H,1,3H2. The molecule has 0 aromatic carbocycles. The molecule has 0 saturated heterocycles. The number of carbonyl (C=O) groups is 1. The number of ketones is 1. The van der Waals surface area contributed by atoms with Gasteiger partial charge in [-0.2, -0.15) is 0 Å². The normalized spacial score (nSPS) is 22.2. The molecule has 2 aliphatic rings. The predicted molar refractivity (Wildman–Crippen MR) is 39.5 cm³/mol. The van der Waals surface area contributed by atoms with Gasteiger partial charge in [0.25, 0.3) is 0 Å². The first-order valence-corrected chi connectivity index (χ1v) is 3.50. The molecule has 0 amide bonds. The first kappa shape index (κ1) is 5.66. The smallest absolute Gasteiger partial charge is 0.185 e. The zero-order valence-electron chi connectivity index (χ0n) is 5.63. The molecule has 0 aliphatic heterocycles. The summed E-state index contributed by atoms with van der Waals surface area (Å²) in [4.78, 5) is 11.1. The van der Waals surface area contributed by atoms with Crippen LogP contribution in [0, 0.1) is 0 Å². The van der Waals surface area contributed by atoms with Crippen molar-refractivity contribution in [1.82, 2.24) is 0 Å². The van der Waals surface area contributed by atoms with Crippen LogP contribution in [0.1, 0.15) is 12.8 Å². The molecule has 2 rings (SSSR count). The molecule has 0 atom stereocenters. The van der Waals surface area contributed by atoms with E-state index in [-0.39, 0.29) is 5.78 Å². The molecule has 0 radical (unpaired) electrons. The molecular formula is C9H8O. The average Bonchev–Trinajstić information content (AvgIpc) is 1.92. The van der Waals surface area contributed by atoms with Crippen molar-refractivity contribution < 1.29 is 4.79 Å². The van der Waals surface area contributed by atoms with Crippen LogP contribution >= 0.6 is 0 Å². The van der Waals surface area contributed by atoms with E-state index in [4.69, 9.17) is 0 Å². The lowest BCUT2D eigenvalue weighted by Crippen LogP contribution is -2.03. The maximum atomic E-state index is 11.1. The number of hydrogen-bond donors (Lipinski definition) is 0. The SMILES string of the molecule is O=C1C=CCCC2=C1C=C2. The van der Waals surface area contributed by atoms with Gasteiger partial charge in [0.05, 0.1) is 0 Å². The Hall–Kier alpha value is -1.11. The number of rotatable bonds is 0. The first-order chi connectivity index (χ1) is 4.88. The van der Waals surface area contributed by atoms with Gasteiger partial charge in [0.15, 0.2) is 5.78 Å². The summed E-state index contributed by atoms with van der Waals surface area (Å²) in [6.07, 6.45) is 9.59. The molecule has 0 aromatic heterocycles. The Bertz CT molecular complexity index is 266. The molecule has 0 N–H and O–H groups in total. The molecule has 10 heavy (non-hydrogen) atoms. The topological polar surface area (TPSA) is 17.1 Å². The fourth-order valence-corrected chi connectivity index (χ4v) is 1.26. The van der Waals surface area contributed by atoms with Gasteiger partial charge >= 0.3 is 0 Å². The van der Waals surface area contributed by atoms with Gasteiger partial charge in [-0.15, -0.1) is 0 Å². The largest absolute Gasteiger partial charge is 0.289 e. The van der Waals surface area contributed by atoms with Crippen molar-refractivity contribution >= 4 is 5.78 Å². The lowest BCUT2D eigenvalue weighted by molar-refractivity contribution is -0.111. The van der Waals surface area contributed by atoms with E-state index in [0.29, 0.717) is 0 Å². The Labute approximate surface area is 59.7 Å². The lowest BCUT2D eigenvalue weighted by atomic mass is 9.93. The molecule has 1 nitrogen and oxygen atoms in total. The Balaban J connectivity index is 2.34. The molecule has 0 bridgehead atoms. The molecule has 1 heteroatoms. The second kappa shape index (κ2) is 1.94. The van der Waals surface area contributed by atoms with Crippen molar-refractivity contribution in [2.75, 3.05) is 0 Å². The minimum Gasteiger partial charge on any atom is -0.289 e. The quantitative estimate of drug-likeness (QED) is 0.491. The monoisotopic (exact) mass is 132 g/mol. The molecule has 0 fully saturated rings. The van der Waals surface area contributed by atoms with Gasteiger partial charge in [-0.3, -0.25) is 4.79 Å². The zero-order chi connectivity index (χ0) is 6.97. The van der Waals surface area contributed by atoms with E-state index in [0.717, 1.165) is 18.4 Å². The molecule has 2 aliphatic carbocycles. The van der Waals surface area contributed by atoms with E-state index >= 15 is 0 Å². The van der Waals surface area contributed by atoms with E-state index in [2.05, 4.69) is 0 Å². The van der Waals surface area contributed by atoms with Crippen molar-refractivity contribution in [2.45, 2.75) is 12.8 Å². The second-order valence-corrected chi connectivity index (χ2v) is 2.58. The van der Waals surface area contributed by atoms with Gasteiger partial charge in [-0.1, -0.05) is 18.2 Å². The molecule has 50 valence electrons. The van der Waals surface area contributed by atoms with Crippen molar-refractivity contribution in [3.05, 3.63) is 35.5 Å². The Morgan fingerprint density at radius 2 is 2.10 bits per heavy atom. The van der Waals surface area contributed by atoms with Crippen LogP contribution in [0.5, 0.6) is 0 Å².